The molecule has 0 fully saturated rings. The van der Waals surface area contributed by atoms with Crippen molar-refractivity contribution in [1.29, 1.82) is 0 Å². The average molecular weight is 347 g/mol. The van der Waals surface area contributed by atoms with Crippen molar-refractivity contribution in [2.75, 3.05) is 20.1 Å². The van der Waals surface area contributed by atoms with E-state index in [1.807, 2.05) is 0 Å². The molecule has 0 bridgehead atoms. The Kier molecular flexibility index (Phi) is 6.43. The zero-order valence-corrected chi connectivity index (χ0v) is 14.3. The first-order chi connectivity index (χ1) is 10.2. The Morgan fingerprint density at radius 2 is 1.86 bits per heavy atom. The van der Waals surface area contributed by atoms with Gasteiger partial charge in [-0.3, -0.25) is 4.90 Å². The molecule has 0 radical (unpaired) electrons. The van der Waals surface area contributed by atoms with E-state index in [1.54, 1.807) is 0 Å². The Balaban J connectivity index is 2.12. The third-order valence-corrected chi connectivity index (χ3v) is 4.12. The van der Waals surface area contributed by atoms with E-state index >= 15 is 0 Å². The summed E-state index contributed by atoms with van der Waals surface area (Å²) >= 11 is 3.55. The molecule has 0 aliphatic carbocycles. The van der Waals surface area contributed by atoms with Crippen molar-refractivity contribution in [2.45, 2.75) is 19.5 Å². The van der Waals surface area contributed by atoms with Crippen molar-refractivity contribution in [2.24, 2.45) is 0 Å². The molecule has 2 aromatic carbocycles. The Morgan fingerprint density at radius 3 is 2.52 bits per heavy atom. The summed E-state index contributed by atoms with van der Waals surface area (Å²) in [6, 6.07) is 19.6. The van der Waals surface area contributed by atoms with Gasteiger partial charge in [-0.05, 0) is 36.9 Å². The Bertz CT molecular complexity index is 542. The van der Waals surface area contributed by atoms with E-state index in [-0.39, 0.29) is 0 Å². The van der Waals surface area contributed by atoms with Crippen LogP contribution in [0.4, 0.5) is 0 Å². The van der Waals surface area contributed by atoms with Crippen LogP contribution < -0.4 is 5.32 Å². The molecule has 3 heteroatoms. The maximum absolute atomic E-state index is 3.55. The highest BCUT2D eigenvalue weighted by Gasteiger charge is 2.16. The largest absolute Gasteiger partial charge is 0.315 e. The second-order valence-electron chi connectivity index (χ2n) is 5.28. The Hall–Kier alpha value is -1.16. The second-order valence-corrected chi connectivity index (χ2v) is 6.19. The van der Waals surface area contributed by atoms with Gasteiger partial charge >= 0.3 is 0 Å². The van der Waals surface area contributed by atoms with Crippen molar-refractivity contribution in [3.63, 3.8) is 0 Å². The lowest BCUT2D eigenvalue weighted by Crippen LogP contribution is -2.33. The van der Waals surface area contributed by atoms with Crippen LogP contribution in [-0.2, 0) is 6.54 Å². The first-order valence-electron chi connectivity index (χ1n) is 7.41. The van der Waals surface area contributed by atoms with Crippen molar-refractivity contribution < 1.29 is 0 Å². The summed E-state index contributed by atoms with van der Waals surface area (Å²) in [5.41, 5.74) is 2.68. The van der Waals surface area contributed by atoms with E-state index in [1.165, 1.54) is 11.1 Å². The standard InChI is InChI=1S/C18H23BrN2/c1-3-20-13-18(16-9-5-4-6-10-16)21(2)14-15-8-7-11-17(19)12-15/h4-12,18,20H,3,13-14H2,1-2H3. The number of hydrogen-bond donors (Lipinski definition) is 1. The first kappa shape index (κ1) is 16.2. The topological polar surface area (TPSA) is 15.3 Å². The Morgan fingerprint density at radius 1 is 1.10 bits per heavy atom. The molecule has 2 nitrogen and oxygen atoms in total. The van der Waals surface area contributed by atoms with Crippen LogP contribution in [0, 0.1) is 0 Å². The van der Waals surface area contributed by atoms with Crippen LogP contribution in [-0.4, -0.2) is 25.0 Å². The molecular formula is C18H23BrN2. The van der Waals surface area contributed by atoms with Gasteiger partial charge in [0.25, 0.3) is 0 Å². The molecule has 0 aliphatic rings. The molecule has 112 valence electrons. The average Bonchev–Trinajstić information content (AvgIpc) is 2.49. The molecule has 1 unspecified atom stereocenters. The minimum atomic E-state index is 0.380. The van der Waals surface area contributed by atoms with E-state index in [2.05, 4.69) is 94.7 Å². The van der Waals surface area contributed by atoms with Gasteiger partial charge in [0.15, 0.2) is 0 Å². The highest BCUT2D eigenvalue weighted by molar-refractivity contribution is 9.10. The smallest absolute Gasteiger partial charge is 0.0473 e. The minimum Gasteiger partial charge on any atom is -0.315 e. The molecule has 21 heavy (non-hydrogen) atoms. The molecule has 2 aromatic rings. The fourth-order valence-corrected chi connectivity index (χ4v) is 2.96. The second kappa shape index (κ2) is 8.32. The predicted molar refractivity (Wildman–Crippen MR) is 93.3 cm³/mol. The van der Waals surface area contributed by atoms with Gasteiger partial charge in [0, 0.05) is 23.6 Å². The third kappa shape index (κ3) is 4.95. The lowest BCUT2D eigenvalue weighted by molar-refractivity contribution is 0.231. The van der Waals surface area contributed by atoms with Crippen molar-refractivity contribution in [3.05, 3.63) is 70.2 Å². The van der Waals surface area contributed by atoms with Gasteiger partial charge in [0.05, 0.1) is 0 Å². The first-order valence-corrected chi connectivity index (χ1v) is 8.20. The number of nitrogens with one attached hydrogen (secondary N) is 1. The molecule has 1 N–H and O–H groups in total. The van der Waals surface area contributed by atoms with Gasteiger partial charge in [-0.1, -0.05) is 65.3 Å². The van der Waals surface area contributed by atoms with Crippen LogP contribution in [0.25, 0.3) is 0 Å². The van der Waals surface area contributed by atoms with Crippen LogP contribution >= 0.6 is 15.9 Å². The monoisotopic (exact) mass is 346 g/mol. The fourth-order valence-electron chi connectivity index (χ4n) is 2.52. The zero-order chi connectivity index (χ0) is 15.1. The number of rotatable bonds is 7. The number of benzene rings is 2. The Labute approximate surface area is 136 Å². The molecule has 0 spiro atoms. The summed E-state index contributed by atoms with van der Waals surface area (Å²) in [7, 11) is 2.19. The normalized spacial score (nSPS) is 12.6. The van der Waals surface area contributed by atoms with E-state index in [9.17, 15) is 0 Å². The molecule has 0 heterocycles. The van der Waals surface area contributed by atoms with Gasteiger partial charge in [-0.2, -0.15) is 0 Å². The van der Waals surface area contributed by atoms with Gasteiger partial charge in [0.2, 0.25) is 0 Å². The van der Waals surface area contributed by atoms with Crippen LogP contribution in [0.2, 0.25) is 0 Å². The van der Waals surface area contributed by atoms with E-state index in [0.717, 1.165) is 24.1 Å². The van der Waals surface area contributed by atoms with Crippen molar-refractivity contribution >= 4 is 15.9 Å². The van der Waals surface area contributed by atoms with Crippen LogP contribution in [0.1, 0.15) is 24.1 Å². The summed E-state index contributed by atoms with van der Waals surface area (Å²) in [4.78, 5) is 2.40. The van der Waals surface area contributed by atoms with Crippen molar-refractivity contribution in [1.82, 2.24) is 10.2 Å². The van der Waals surface area contributed by atoms with E-state index in [4.69, 9.17) is 0 Å². The summed E-state index contributed by atoms with van der Waals surface area (Å²) in [6.07, 6.45) is 0. The summed E-state index contributed by atoms with van der Waals surface area (Å²) in [5, 5.41) is 3.47. The quantitative estimate of drug-likeness (QED) is 0.806. The molecule has 0 saturated heterocycles. The van der Waals surface area contributed by atoms with E-state index < -0.39 is 0 Å². The maximum Gasteiger partial charge on any atom is 0.0473 e. The predicted octanol–water partition coefficient (Wildman–Crippen LogP) is 4.23. The number of hydrogen-bond acceptors (Lipinski definition) is 2. The van der Waals surface area contributed by atoms with Crippen LogP contribution in [0.5, 0.6) is 0 Å². The summed E-state index contributed by atoms with van der Waals surface area (Å²) < 4.78 is 1.14. The van der Waals surface area contributed by atoms with Gasteiger partial charge in [0.1, 0.15) is 0 Å². The zero-order valence-electron chi connectivity index (χ0n) is 12.7. The third-order valence-electron chi connectivity index (χ3n) is 3.63. The lowest BCUT2D eigenvalue weighted by Gasteiger charge is -2.29. The SMILES string of the molecule is CCNCC(c1ccccc1)N(C)Cc1cccc(Br)c1. The molecule has 0 aromatic heterocycles. The highest BCUT2D eigenvalue weighted by Crippen LogP contribution is 2.21. The van der Waals surface area contributed by atoms with Crippen LogP contribution in [0.3, 0.4) is 0 Å². The lowest BCUT2D eigenvalue weighted by atomic mass is 10.0. The number of likely N-dealkylation sites (N-methyl/N-ethyl adjacent to an activating group) is 2. The summed E-state index contributed by atoms with van der Waals surface area (Å²) in [5.74, 6) is 0. The van der Waals surface area contributed by atoms with Gasteiger partial charge in [-0.15, -0.1) is 0 Å². The number of halogens is 1. The van der Waals surface area contributed by atoms with Gasteiger partial charge in [-0.25, -0.2) is 0 Å². The molecule has 0 saturated carbocycles. The molecule has 1 atom stereocenters. The maximum atomic E-state index is 3.55. The highest BCUT2D eigenvalue weighted by atomic mass is 79.9. The fraction of sp³-hybridized carbons (Fsp3) is 0.333. The van der Waals surface area contributed by atoms with Crippen LogP contribution in [0.15, 0.2) is 59.1 Å². The van der Waals surface area contributed by atoms with Gasteiger partial charge < -0.3 is 5.32 Å². The summed E-state index contributed by atoms with van der Waals surface area (Å²) in [6.45, 7) is 5.04. The van der Waals surface area contributed by atoms with E-state index in [0.29, 0.717) is 6.04 Å². The molecular weight excluding hydrogens is 324 g/mol. The molecule has 2 rings (SSSR count). The van der Waals surface area contributed by atoms with Crippen molar-refractivity contribution in [3.8, 4) is 0 Å². The number of nitrogens with zero attached hydrogens (tertiary/aromatic N) is 1. The molecule has 0 amide bonds. The molecule has 0 aliphatic heterocycles. The minimum absolute atomic E-state index is 0.380.